The first-order chi connectivity index (χ1) is 5.47. The zero-order chi connectivity index (χ0) is 8.10. The normalized spacial score (nSPS) is 9.00. The minimum atomic E-state index is 0.933. The molecule has 0 bridgehead atoms. The molecule has 0 saturated heterocycles. The van der Waals surface area contributed by atoms with E-state index < -0.39 is 0 Å². The van der Waals surface area contributed by atoms with Crippen LogP contribution in [0.25, 0.3) is 11.0 Å². The van der Waals surface area contributed by atoms with E-state index in [1.165, 1.54) is 11.7 Å². The van der Waals surface area contributed by atoms with Crippen molar-refractivity contribution < 1.29 is 14.2 Å². The molecule has 0 aliphatic rings. The van der Waals surface area contributed by atoms with Crippen LogP contribution in [-0.4, -0.2) is 8.75 Å². The molecular weight excluding hydrogens is 276 g/mol. The molecule has 0 aliphatic heterocycles. The van der Waals surface area contributed by atoms with Crippen molar-refractivity contribution in [3.63, 3.8) is 0 Å². The van der Waals surface area contributed by atoms with E-state index in [0.717, 1.165) is 11.0 Å². The quantitative estimate of drug-likeness (QED) is 0.546. The molecule has 0 fully saturated rings. The van der Waals surface area contributed by atoms with Gasteiger partial charge in [0.05, 0.1) is 11.7 Å². The summed E-state index contributed by atoms with van der Waals surface area (Å²) >= 11 is 7.73. The molecule has 0 radical (unpaired) electrons. The molecule has 1 heterocycles. The fourth-order valence-corrected chi connectivity index (χ4v) is 1.19. The number of hydrogen-bond donors (Lipinski definition) is 0. The monoisotopic (exact) mass is 277 g/mol. The summed E-state index contributed by atoms with van der Waals surface area (Å²) in [6.45, 7) is 0. The smallest absolute Gasteiger partial charge is 0.0533 e. The van der Waals surface area contributed by atoms with Crippen LogP contribution in [0.1, 0.15) is 0 Å². The van der Waals surface area contributed by atoms with Crippen LogP contribution in [0.15, 0.2) is 18.2 Å². The maximum Gasteiger partial charge on any atom is 0.0533 e. The maximum atomic E-state index is 4.03. The van der Waals surface area contributed by atoms with E-state index in [0.29, 0.717) is 0 Å². The minimum absolute atomic E-state index is 0.933. The molecule has 2 rings (SSSR count). The molecule has 0 N–H and O–H groups in total. The van der Waals surface area contributed by atoms with Gasteiger partial charge in [-0.1, -0.05) is 0 Å². The molecule has 61 valence electrons. The van der Waals surface area contributed by atoms with Crippen molar-refractivity contribution in [3.8, 4) is 0 Å². The molecular formula is C6H3BrCuN2S. The summed E-state index contributed by atoms with van der Waals surface area (Å²) in [5.74, 6) is 0. The Morgan fingerprint density at radius 2 is 2.09 bits per heavy atom. The van der Waals surface area contributed by atoms with Crippen molar-refractivity contribution in [1.29, 1.82) is 0 Å². The zero-order valence-electron chi connectivity index (χ0n) is 5.21. The van der Waals surface area contributed by atoms with Crippen molar-refractivity contribution in [2.45, 2.75) is 0 Å². The Hall–Kier alpha value is 0.0395. The van der Waals surface area contributed by atoms with Gasteiger partial charge < -0.3 is 0 Å². The zero-order valence-corrected chi connectivity index (χ0v) is 8.56. The van der Waals surface area contributed by atoms with Gasteiger partial charge in [-0.15, -0.1) is 12.1 Å². The topological polar surface area (TPSA) is 25.8 Å². The molecule has 1 aromatic carbocycles. The van der Waals surface area contributed by atoms with E-state index in [9.17, 15) is 0 Å². The van der Waals surface area contributed by atoms with E-state index in [1.54, 1.807) is 0 Å². The van der Waals surface area contributed by atoms with Crippen LogP contribution in [0, 0.1) is 6.07 Å². The predicted octanol–water partition coefficient (Wildman–Crippen LogP) is 2.33. The largest absolute Gasteiger partial charge is 0.240 e. The maximum absolute atomic E-state index is 4.03. The molecule has 0 saturated carbocycles. The van der Waals surface area contributed by atoms with Gasteiger partial charge in [-0.05, 0) is 11.0 Å². The van der Waals surface area contributed by atoms with Crippen molar-refractivity contribution in [2.75, 3.05) is 0 Å². The van der Waals surface area contributed by atoms with Crippen LogP contribution < -0.4 is 0 Å². The van der Waals surface area contributed by atoms with Crippen molar-refractivity contribution in [1.82, 2.24) is 8.75 Å². The second kappa shape index (κ2) is 4.82. The first kappa shape index (κ1) is 9.13. The molecule has 5 heteroatoms. The van der Waals surface area contributed by atoms with E-state index in [2.05, 4.69) is 43.1 Å². The Balaban J connectivity index is 0.000000281. The van der Waals surface area contributed by atoms with Gasteiger partial charge in [0.1, 0.15) is 0 Å². The van der Waals surface area contributed by atoms with Crippen LogP contribution >= 0.6 is 25.8 Å². The van der Waals surface area contributed by atoms with E-state index in [4.69, 9.17) is 0 Å². The van der Waals surface area contributed by atoms with Crippen molar-refractivity contribution in [2.24, 2.45) is 0 Å². The van der Waals surface area contributed by atoms with Gasteiger partial charge in [0.15, 0.2) is 0 Å². The summed E-state index contributed by atoms with van der Waals surface area (Å²) in [5, 5.41) is 0. The molecule has 0 aliphatic carbocycles. The van der Waals surface area contributed by atoms with Crippen LogP contribution in [0.5, 0.6) is 0 Å². The number of nitrogens with zero attached hydrogens (tertiary/aromatic N) is 2. The summed E-state index contributed by atoms with van der Waals surface area (Å²) in [5.41, 5.74) is 1.89. The van der Waals surface area contributed by atoms with Gasteiger partial charge in [0.2, 0.25) is 0 Å². The van der Waals surface area contributed by atoms with E-state index in [1.807, 2.05) is 18.2 Å². The van der Waals surface area contributed by atoms with Crippen LogP contribution in [0.4, 0.5) is 0 Å². The molecule has 2 nitrogen and oxygen atoms in total. The van der Waals surface area contributed by atoms with Crippen LogP contribution in [0.3, 0.4) is 0 Å². The number of fused-ring (bicyclic) bond motifs is 1. The van der Waals surface area contributed by atoms with Gasteiger partial charge in [0, 0.05) is 0 Å². The number of hydrogen-bond acceptors (Lipinski definition) is 3. The van der Waals surface area contributed by atoms with Gasteiger partial charge in [-0.25, -0.2) is 8.75 Å². The van der Waals surface area contributed by atoms with E-state index in [-0.39, 0.29) is 0 Å². The van der Waals surface area contributed by atoms with Gasteiger partial charge in [-0.3, -0.25) is 0 Å². The summed E-state index contributed by atoms with van der Waals surface area (Å²) in [4.78, 5) is 0. The molecule has 2 aromatic rings. The molecule has 1 aromatic heterocycles. The molecule has 0 atom stereocenters. The van der Waals surface area contributed by atoms with Gasteiger partial charge in [0.25, 0.3) is 0 Å². The molecule has 0 unspecified atom stereocenters. The number of halogens is 1. The fourth-order valence-electron chi connectivity index (χ4n) is 0.672. The SMILES string of the molecule is [Cu+][Br].[c-]1ccc2nsnc2c1. The molecule has 11 heavy (non-hydrogen) atoms. The third-order valence-corrected chi connectivity index (χ3v) is 1.65. The Morgan fingerprint density at radius 3 is 2.82 bits per heavy atom. The predicted molar refractivity (Wildman–Crippen MR) is 45.2 cm³/mol. The Kier molecular flexibility index (Phi) is 4.00. The minimum Gasteiger partial charge on any atom is -0.240 e. The summed E-state index contributed by atoms with van der Waals surface area (Å²) in [7, 11) is 0. The van der Waals surface area contributed by atoms with Crippen LogP contribution in [0.2, 0.25) is 0 Å². The molecule has 0 amide bonds. The Morgan fingerprint density at radius 1 is 1.36 bits per heavy atom. The summed E-state index contributed by atoms with van der Waals surface area (Å²) < 4.78 is 8.05. The first-order valence-electron chi connectivity index (χ1n) is 2.66. The fraction of sp³-hybridized carbons (Fsp3) is 0. The summed E-state index contributed by atoms with van der Waals surface area (Å²) in [6, 6.07) is 8.50. The standard InChI is InChI=1S/C6H3N2S.BrH.Cu/c1-2-4-6-5(3-1)7-9-8-6;;/h1,3-4H;1H;/q-1;;+2/p-1. The average molecular weight is 279 g/mol. The van der Waals surface area contributed by atoms with Crippen molar-refractivity contribution >= 4 is 36.9 Å². The average Bonchev–Trinajstić information content (AvgIpc) is 2.55. The van der Waals surface area contributed by atoms with Crippen LogP contribution in [-0.2, 0) is 14.2 Å². The Bertz CT molecular complexity index is 295. The second-order valence-corrected chi connectivity index (χ2v) is 2.21. The molecule has 0 spiro atoms. The summed E-state index contributed by atoms with van der Waals surface area (Å²) in [6.07, 6.45) is 0. The Labute approximate surface area is 83.8 Å². The van der Waals surface area contributed by atoms with Gasteiger partial charge in [-0.2, -0.15) is 12.1 Å². The number of rotatable bonds is 0. The first-order valence-corrected chi connectivity index (χ1v) is 5.72. The van der Waals surface area contributed by atoms with Gasteiger partial charge >= 0.3 is 28.3 Å². The number of benzene rings is 1. The number of aromatic nitrogens is 2. The third-order valence-electron chi connectivity index (χ3n) is 1.10. The third kappa shape index (κ3) is 2.23. The second-order valence-electron chi connectivity index (χ2n) is 1.68. The van der Waals surface area contributed by atoms with E-state index >= 15 is 0 Å². The van der Waals surface area contributed by atoms with Crippen molar-refractivity contribution in [3.05, 3.63) is 24.3 Å².